The summed E-state index contributed by atoms with van der Waals surface area (Å²) in [6.07, 6.45) is 0. The van der Waals surface area contributed by atoms with Crippen LogP contribution in [0, 0.1) is 0 Å². The van der Waals surface area contributed by atoms with E-state index in [9.17, 15) is 0 Å². The lowest BCUT2D eigenvalue weighted by Crippen LogP contribution is -2.08. The summed E-state index contributed by atoms with van der Waals surface area (Å²) in [6, 6.07) is 0. The van der Waals surface area contributed by atoms with Crippen LogP contribution in [-0.4, -0.2) is 11.9 Å². The largest absolute Gasteiger partial charge is 0.329 e. The average molecular weight is 93.6 g/mol. The molecule has 0 aromatic heterocycles. The summed E-state index contributed by atoms with van der Waals surface area (Å²) < 4.78 is 0. The Morgan fingerprint density at radius 3 is 2.20 bits per heavy atom. The highest BCUT2D eigenvalue weighted by molar-refractivity contribution is 6.20. The summed E-state index contributed by atoms with van der Waals surface area (Å²) >= 11 is 5.34. The van der Waals surface area contributed by atoms with Crippen LogP contribution >= 0.6 is 11.6 Å². The minimum Gasteiger partial charge on any atom is -0.329 e. The first kappa shape index (κ1) is 5.25. The van der Waals surface area contributed by atoms with Gasteiger partial charge in [0.1, 0.15) is 0 Å². The van der Waals surface area contributed by atoms with Gasteiger partial charge in [-0.25, -0.2) is 0 Å². The number of rotatable bonds is 1. The van der Waals surface area contributed by atoms with Crippen molar-refractivity contribution in [1.29, 1.82) is 0 Å². The molecule has 0 aromatic carbocycles. The van der Waals surface area contributed by atoms with Crippen molar-refractivity contribution in [3.05, 3.63) is 0 Å². The third-order valence-corrected chi connectivity index (χ3v) is 0.503. The van der Waals surface area contributed by atoms with Gasteiger partial charge in [0.2, 0.25) is 0 Å². The maximum absolute atomic E-state index is 5.34. The topological polar surface area (TPSA) is 26.0 Å². The summed E-state index contributed by atoms with van der Waals surface area (Å²) in [5.41, 5.74) is 5.04. The number of hydrogen-bond donors (Lipinski definition) is 1. The molecule has 0 aromatic rings. The fraction of sp³-hybridized carbons (Fsp3) is 1.00. The maximum atomic E-state index is 5.34. The Bertz CT molecular complexity index is 20.9. The highest BCUT2D eigenvalue weighted by Gasteiger charge is 1.83. The van der Waals surface area contributed by atoms with Crippen molar-refractivity contribution in [2.75, 3.05) is 6.54 Å². The summed E-state index contributed by atoms with van der Waals surface area (Å²) in [4.78, 5) is 0. The molecule has 0 fully saturated rings. The van der Waals surface area contributed by atoms with E-state index in [1.165, 1.54) is 0 Å². The van der Waals surface area contributed by atoms with E-state index in [1.54, 1.807) is 0 Å². The van der Waals surface area contributed by atoms with E-state index in [1.807, 2.05) is 6.92 Å². The third-order valence-electron chi connectivity index (χ3n) is 0.325. The van der Waals surface area contributed by atoms with Gasteiger partial charge in [-0.1, -0.05) is 0 Å². The first-order valence-corrected chi connectivity index (χ1v) is 2.05. The van der Waals surface area contributed by atoms with Crippen LogP contribution in [0.4, 0.5) is 0 Å². The van der Waals surface area contributed by atoms with E-state index in [0.717, 1.165) is 0 Å². The lowest BCUT2D eigenvalue weighted by atomic mass is 10.5. The minimum atomic E-state index is 0.134. The Morgan fingerprint density at radius 2 is 2.20 bits per heavy atom. The molecule has 0 bridgehead atoms. The Balaban J connectivity index is 2.54. The molecule has 0 radical (unpaired) electrons. The predicted octanol–water partition coefficient (Wildman–Crippen LogP) is 0.572. The lowest BCUT2D eigenvalue weighted by Gasteiger charge is -1.88. The predicted molar refractivity (Wildman–Crippen MR) is 24.4 cm³/mol. The van der Waals surface area contributed by atoms with Crippen molar-refractivity contribution in [3.63, 3.8) is 0 Å². The standard InChI is InChI=1S/C3H8ClN/c1-3(4)2-5/h3H,2,5H2,1H3/t3-/m1/s1. The van der Waals surface area contributed by atoms with E-state index in [0.29, 0.717) is 6.54 Å². The zero-order chi connectivity index (χ0) is 4.28. The molecule has 2 heteroatoms. The van der Waals surface area contributed by atoms with E-state index < -0.39 is 0 Å². The van der Waals surface area contributed by atoms with Crippen molar-refractivity contribution >= 4 is 11.6 Å². The molecule has 0 saturated carbocycles. The molecule has 5 heavy (non-hydrogen) atoms. The van der Waals surface area contributed by atoms with Gasteiger partial charge in [-0.15, -0.1) is 11.6 Å². The monoisotopic (exact) mass is 93.0 g/mol. The fourth-order valence-electron chi connectivity index (χ4n) is 0. The molecule has 0 amide bonds. The smallest absolute Gasteiger partial charge is 0.0430 e. The third kappa shape index (κ3) is 4.25. The Kier molecular flexibility index (Phi) is 2.61. The van der Waals surface area contributed by atoms with Gasteiger partial charge in [-0.2, -0.15) is 0 Å². The molecule has 1 nitrogen and oxygen atoms in total. The highest BCUT2D eigenvalue weighted by Crippen LogP contribution is 1.84. The van der Waals surface area contributed by atoms with Crippen LogP contribution in [0.2, 0.25) is 0 Å². The molecule has 0 aliphatic heterocycles. The van der Waals surface area contributed by atoms with Gasteiger partial charge in [0.15, 0.2) is 0 Å². The van der Waals surface area contributed by atoms with E-state index in [4.69, 9.17) is 17.3 Å². The summed E-state index contributed by atoms with van der Waals surface area (Å²) in [5.74, 6) is 0. The molecule has 0 spiro atoms. The van der Waals surface area contributed by atoms with Gasteiger partial charge in [-0.3, -0.25) is 0 Å². The molecular weight excluding hydrogens is 85.5 g/mol. The Hall–Kier alpha value is 0.250. The second kappa shape index (κ2) is 2.49. The second-order valence-electron chi connectivity index (χ2n) is 1.02. The van der Waals surface area contributed by atoms with Crippen molar-refractivity contribution in [2.45, 2.75) is 12.3 Å². The van der Waals surface area contributed by atoms with Crippen LogP contribution in [0.25, 0.3) is 0 Å². The second-order valence-corrected chi connectivity index (χ2v) is 1.76. The molecule has 0 unspecified atom stereocenters. The highest BCUT2D eigenvalue weighted by atomic mass is 35.5. The number of nitrogens with two attached hydrogens (primary N) is 1. The van der Waals surface area contributed by atoms with E-state index in [2.05, 4.69) is 0 Å². The van der Waals surface area contributed by atoms with Crippen molar-refractivity contribution in [2.24, 2.45) is 5.73 Å². The molecule has 32 valence electrons. The summed E-state index contributed by atoms with van der Waals surface area (Å²) in [7, 11) is 0. The SMILES string of the molecule is C[C@@H](Cl)CN. The van der Waals surface area contributed by atoms with Crippen LogP contribution < -0.4 is 5.73 Å². The number of halogens is 1. The first-order chi connectivity index (χ1) is 2.27. The van der Waals surface area contributed by atoms with Gasteiger partial charge in [0.05, 0.1) is 0 Å². The molecule has 0 aliphatic rings. The normalized spacial score (nSPS) is 15.0. The molecule has 0 saturated heterocycles. The van der Waals surface area contributed by atoms with Crippen molar-refractivity contribution in [3.8, 4) is 0 Å². The first-order valence-electron chi connectivity index (χ1n) is 1.61. The van der Waals surface area contributed by atoms with E-state index in [-0.39, 0.29) is 5.38 Å². The average Bonchev–Trinajstić information content (AvgIpc) is 1.38. The molecule has 0 heterocycles. The van der Waals surface area contributed by atoms with E-state index >= 15 is 0 Å². The van der Waals surface area contributed by atoms with Crippen LogP contribution in [0.3, 0.4) is 0 Å². The van der Waals surface area contributed by atoms with Gasteiger partial charge in [0.25, 0.3) is 0 Å². The summed E-state index contributed by atoms with van der Waals surface area (Å²) in [6.45, 7) is 2.43. The van der Waals surface area contributed by atoms with Crippen molar-refractivity contribution in [1.82, 2.24) is 0 Å². The lowest BCUT2D eigenvalue weighted by molar-refractivity contribution is 0.941. The maximum Gasteiger partial charge on any atom is 0.0430 e. The Morgan fingerprint density at radius 1 is 2.00 bits per heavy atom. The Labute approximate surface area is 37.1 Å². The van der Waals surface area contributed by atoms with Gasteiger partial charge in [0, 0.05) is 11.9 Å². The molecule has 2 N–H and O–H groups in total. The number of alkyl halides is 1. The zero-order valence-corrected chi connectivity index (χ0v) is 4.00. The number of hydrogen-bond acceptors (Lipinski definition) is 1. The summed E-state index contributed by atoms with van der Waals surface area (Å²) in [5, 5.41) is 0.134. The van der Waals surface area contributed by atoms with Crippen LogP contribution in [0.15, 0.2) is 0 Å². The minimum absolute atomic E-state index is 0.134. The molecule has 1 atom stereocenters. The van der Waals surface area contributed by atoms with Crippen LogP contribution in [0.5, 0.6) is 0 Å². The van der Waals surface area contributed by atoms with Crippen molar-refractivity contribution < 1.29 is 0 Å². The molecule has 0 rings (SSSR count). The van der Waals surface area contributed by atoms with Crippen LogP contribution in [-0.2, 0) is 0 Å². The van der Waals surface area contributed by atoms with Crippen LogP contribution in [0.1, 0.15) is 6.92 Å². The molecule has 0 aliphatic carbocycles. The quantitative estimate of drug-likeness (QED) is 0.472. The molecular formula is C3H8ClN. The van der Waals surface area contributed by atoms with Gasteiger partial charge >= 0.3 is 0 Å². The van der Waals surface area contributed by atoms with Gasteiger partial charge in [-0.05, 0) is 6.92 Å². The fourth-order valence-corrected chi connectivity index (χ4v) is 0. The van der Waals surface area contributed by atoms with Gasteiger partial charge < -0.3 is 5.73 Å². The zero-order valence-electron chi connectivity index (χ0n) is 3.24.